The van der Waals surface area contributed by atoms with Crippen LogP contribution in [0.4, 0.5) is 0 Å². The number of carbonyl (C=O) groups is 2. The molecule has 56 heavy (non-hydrogen) atoms. The zero-order chi connectivity index (χ0) is 41.2. The van der Waals surface area contributed by atoms with E-state index in [2.05, 4.69) is 50.3 Å². The molecule has 3 atom stereocenters. The fourth-order valence-corrected chi connectivity index (χ4v) is 6.88. The Morgan fingerprint density at radius 2 is 0.982 bits per heavy atom. The third-order valence-corrected chi connectivity index (χ3v) is 10.6. The highest BCUT2D eigenvalue weighted by molar-refractivity contribution is 7.47. The van der Waals surface area contributed by atoms with Gasteiger partial charge in [0, 0.05) is 13.0 Å². The van der Waals surface area contributed by atoms with Gasteiger partial charge in [-0.15, -0.1) is 0 Å². The predicted octanol–water partition coefficient (Wildman–Crippen LogP) is 12.5. The maximum Gasteiger partial charge on any atom is 0.472 e. The smallest absolute Gasteiger partial charge is 0.472 e. The molecule has 11 heteroatoms. The zero-order valence-electron chi connectivity index (χ0n) is 35.7. The van der Waals surface area contributed by atoms with Crippen molar-refractivity contribution in [2.45, 2.75) is 212 Å². The first-order chi connectivity index (χ1) is 27.2. The molecule has 0 amide bonds. The van der Waals surface area contributed by atoms with Crippen LogP contribution in [0, 0.1) is 0 Å². The number of rotatable bonds is 43. The third kappa shape index (κ3) is 40.4. The number of hydrogen-bond acceptors (Lipinski definition) is 8. The number of esters is 1. The minimum atomic E-state index is -4.62. The van der Waals surface area contributed by atoms with E-state index >= 15 is 0 Å². The average molecular weight is 814 g/mol. The van der Waals surface area contributed by atoms with Crippen molar-refractivity contribution in [1.82, 2.24) is 0 Å². The van der Waals surface area contributed by atoms with Gasteiger partial charge in [0.2, 0.25) is 0 Å². The van der Waals surface area contributed by atoms with Crippen LogP contribution in [0.2, 0.25) is 0 Å². The highest BCUT2D eigenvalue weighted by Gasteiger charge is 2.27. The van der Waals surface area contributed by atoms with E-state index in [0.717, 1.165) is 64.2 Å². The zero-order valence-corrected chi connectivity index (χ0v) is 36.6. The minimum Gasteiger partial charge on any atom is -0.480 e. The molecular formula is C45H84NO9P. The number of allylic oxidation sites excluding steroid dienone is 6. The molecule has 0 aliphatic heterocycles. The monoisotopic (exact) mass is 814 g/mol. The summed E-state index contributed by atoms with van der Waals surface area (Å²) in [5, 5.41) is 8.89. The van der Waals surface area contributed by atoms with Gasteiger partial charge in [0.25, 0.3) is 0 Å². The highest BCUT2D eigenvalue weighted by atomic mass is 31.2. The van der Waals surface area contributed by atoms with Gasteiger partial charge in [-0.1, -0.05) is 159 Å². The summed E-state index contributed by atoms with van der Waals surface area (Å²) >= 11 is 0. The Kier molecular flexibility index (Phi) is 40.0. The fourth-order valence-electron chi connectivity index (χ4n) is 6.10. The summed E-state index contributed by atoms with van der Waals surface area (Å²) in [7, 11) is -4.62. The van der Waals surface area contributed by atoms with Gasteiger partial charge in [-0.3, -0.25) is 18.6 Å². The molecule has 0 aliphatic carbocycles. The maximum atomic E-state index is 12.6. The van der Waals surface area contributed by atoms with Crippen LogP contribution in [0.3, 0.4) is 0 Å². The predicted molar refractivity (Wildman–Crippen MR) is 231 cm³/mol. The molecule has 0 aliphatic rings. The van der Waals surface area contributed by atoms with Crippen molar-refractivity contribution < 1.29 is 42.7 Å². The van der Waals surface area contributed by atoms with Crippen LogP contribution in [0.1, 0.15) is 200 Å². The lowest BCUT2D eigenvalue weighted by Crippen LogP contribution is -2.34. The molecule has 4 N–H and O–H groups in total. The van der Waals surface area contributed by atoms with Crippen LogP contribution in [0.5, 0.6) is 0 Å². The van der Waals surface area contributed by atoms with E-state index in [9.17, 15) is 19.0 Å². The van der Waals surface area contributed by atoms with E-state index in [4.69, 9.17) is 29.4 Å². The van der Waals surface area contributed by atoms with E-state index in [0.29, 0.717) is 13.0 Å². The van der Waals surface area contributed by atoms with Crippen LogP contribution in [0.15, 0.2) is 36.5 Å². The maximum absolute atomic E-state index is 12.6. The van der Waals surface area contributed by atoms with Crippen LogP contribution in [-0.2, 0) is 32.7 Å². The van der Waals surface area contributed by atoms with Crippen molar-refractivity contribution in [3.8, 4) is 0 Å². The molecule has 0 aromatic heterocycles. The van der Waals surface area contributed by atoms with Gasteiger partial charge in [-0.25, -0.2) is 4.57 Å². The Bertz CT molecular complexity index is 1040. The first-order valence-electron chi connectivity index (χ1n) is 22.5. The molecule has 0 saturated heterocycles. The molecule has 0 bridgehead atoms. The second-order valence-electron chi connectivity index (χ2n) is 15.2. The first-order valence-corrected chi connectivity index (χ1v) is 24.0. The standard InChI is InChI=1S/C45H84NO9P/c1-3-5-7-9-11-13-15-17-18-19-20-21-22-23-24-25-26-28-30-32-34-36-38-52-39-42(40-53-56(50,51)54-41-43(46)45(48)49)55-44(47)37-35-33-31-29-27-16-14-12-10-8-6-4-2/h12,14-15,17,19-20,42-43H,3-11,13,16,18,21-41,46H2,1-2H3,(H,48,49)(H,50,51)/b14-12-,17-15-,20-19-. The van der Waals surface area contributed by atoms with Gasteiger partial charge in [-0.05, 0) is 70.6 Å². The van der Waals surface area contributed by atoms with Crippen LogP contribution in [0.25, 0.3) is 0 Å². The second-order valence-corrected chi connectivity index (χ2v) is 16.6. The van der Waals surface area contributed by atoms with Crippen LogP contribution in [-0.4, -0.2) is 60.5 Å². The number of phosphoric ester groups is 1. The van der Waals surface area contributed by atoms with Crippen LogP contribution < -0.4 is 5.73 Å². The van der Waals surface area contributed by atoms with Gasteiger partial charge in [-0.2, -0.15) is 0 Å². The molecular weight excluding hydrogens is 729 g/mol. The van der Waals surface area contributed by atoms with E-state index < -0.39 is 45.1 Å². The molecule has 10 nitrogen and oxygen atoms in total. The minimum absolute atomic E-state index is 0.0123. The number of phosphoric acid groups is 1. The van der Waals surface area contributed by atoms with E-state index in [1.165, 1.54) is 109 Å². The summed E-state index contributed by atoms with van der Waals surface area (Å²) in [6, 6.07) is -1.47. The molecule has 0 heterocycles. The topological polar surface area (TPSA) is 155 Å². The Morgan fingerprint density at radius 1 is 0.571 bits per heavy atom. The molecule has 328 valence electrons. The molecule has 0 spiro atoms. The summed E-state index contributed by atoms with van der Waals surface area (Å²) in [6.07, 6.45) is 46.3. The number of carbonyl (C=O) groups excluding carboxylic acids is 1. The van der Waals surface area contributed by atoms with E-state index in [-0.39, 0.29) is 13.0 Å². The van der Waals surface area contributed by atoms with Gasteiger partial charge in [0.1, 0.15) is 12.1 Å². The third-order valence-electron chi connectivity index (χ3n) is 9.64. The van der Waals surface area contributed by atoms with Crippen molar-refractivity contribution in [3.05, 3.63) is 36.5 Å². The number of nitrogens with two attached hydrogens (primary N) is 1. The van der Waals surface area contributed by atoms with Gasteiger partial charge in [0.15, 0.2) is 0 Å². The van der Waals surface area contributed by atoms with Crippen molar-refractivity contribution in [2.24, 2.45) is 5.73 Å². The normalized spacial score (nSPS) is 14.2. The van der Waals surface area contributed by atoms with Crippen molar-refractivity contribution >= 4 is 19.8 Å². The average Bonchev–Trinajstić information content (AvgIpc) is 3.18. The lowest BCUT2D eigenvalue weighted by atomic mass is 10.1. The second kappa shape index (κ2) is 41.4. The lowest BCUT2D eigenvalue weighted by Gasteiger charge is -2.20. The van der Waals surface area contributed by atoms with Crippen molar-refractivity contribution in [2.75, 3.05) is 26.4 Å². The number of carboxylic acid groups (broad SMARTS) is 1. The Morgan fingerprint density at radius 3 is 1.50 bits per heavy atom. The summed E-state index contributed by atoms with van der Waals surface area (Å²) in [4.78, 5) is 33.5. The number of carboxylic acids is 1. The van der Waals surface area contributed by atoms with Gasteiger partial charge in [0.05, 0.1) is 19.8 Å². The van der Waals surface area contributed by atoms with Gasteiger partial charge >= 0.3 is 19.8 Å². The van der Waals surface area contributed by atoms with Crippen molar-refractivity contribution in [3.63, 3.8) is 0 Å². The molecule has 0 aromatic carbocycles. The molecule has 3 unspecified atom stereocenters. The molecule has 0 aromatic rings. The summed E-state index contributed by atoms with van der Waals surface area (Å²) in [5.74, 6) is -1.79. The highest BCUT2D eigenvalue weighted by Crippen LogP contribution is 2.43. The Hall–Kier alpha value is -1.81. The fraction of sp³-hybridized carbons (Fsp3) is 0.822. The molecule has 0 rings (SSSR count). The molecule has 0 radical (unpaired) electrons. The van der Waals surface area contributed by atoms with E-state index in [1.54, 1.807) is 0 Å². The molecule has 0 saturated carbocycles. The van der Waals surface area contributed by atoms with Gasteiger partial charge < -0.3 is 25.2 Å². The molecule has 0 fully saturated rings. The number of hydrogen-bond donors (Lipinski definition) is 3. The Balaban J connectivity index is 4.15. The quantitative estimate of drug-likeness (QED) is 0.0234. The number of unbranched alkanes of at least 4 members (excludes halogenated alkanes) is 23. The number of ether oxygens (including phenoxy) is 2. The SMILES string of the molecule is CCCCC/C=C\CCCCCCCC(=O)OC(COCCCCCCCCCCCC/C=C\C/C=C\CCCCCCC)COP(=O)(O)OCC(N)C(=O)O. The summed E-state index contributed by atoms with van der Waals surface area (Å²) < 4.78 is 33.3. The first kappa shape index (κ1) is 54.2. The Labute approximate surface area is 342 Å². The number of aliphatic carboxylic acids is 1. The van der Waals surface area contributed by atoms with Crippen molar-refractivity contribution in [1.29, 1.82) is 0 Å². The largest absolute Gasteiger partial charge is 0.480 e. The summed E-state index contributed by atoms with van der Waals surface area (Å²) in [5.41, 5.74) is 5.35. The summed E-state index contributed by atoms with van der Waals surface area (Å²) in [6.45, 7) is 3.83. The van der Waals surface area contributed by atoms with Crippen LogP contribution >= 0.6 is 7.82 Å². The lowest BCUT2D eigenvalue weighted by molar-refractivity contribution is -0.154. The van der Waals surface area contributed by atoms with E-state index in [1.807, 2.05) is 0 Å².